The average Bonchev–Trinajstić information content (AvgIpc) is 3.43. The molecule has 7 heteroatoms. The molecule has 4 rings (SSSR count). The highest BCUT2D eigenvalue weighted by Gasteiger charge is 2.16. The number of hydrogen-bond donors (Lipinski definition) is 2. The maximum absolute atomic E-state index is 12.5. The summed E-state index contributed by atoms with van der Waals surface area (Å²) >= 11 is 0. The van der Waals surface area contributed by atoms with Crippen molar-refractivity contribution in [3.63, 3.8) is 0 Å². The predicted octanol–water partition coefficient (Wildman–Crippen LogP) is 2.82. The van der Waals surface area contributed by atoms with Crippen LogP contribution in [0.3, 0.4) is 0 Å². The summed E-state index contributed by atoms with van der Waals surface area (Å²) in [6, 6.07) is 12.1. The van der Waals surface area contributed by atoms with E-state index in [0.29, 0.717) is 18.8 Å². The number of aromatic amines is 1. The largest absolute Gasteiger partial charge is 0.346 e. The Hall–Kier alpha value is -3.35. The van der Waals surface area contributed by atoms with E-state index in [0.717, 1.165) is 17.6 Å². The summed E-state index contributed by atoms with van der Waals surface area (Å²) in [6.45, 7) is 3.38. The Morgan fingerprint density at radius 1 is 1.26 bits per heavy atom. The van der Waals surface area contributed by atoms with Crippen molar-refractivity contribution >= 4 is 16.8 Å². The Labute approximate surface area is 157 Å². The van der Waals surface area contributed by atoms with Crippen molar-refractivity contribution in [1.82, 2.24) is 29.6 Å². The van der Waals surface area contributed by atoms with Crippen LogP contribution in [0.2, 0.25) is 0 Å². The van der Waals surface area contributed by atoms with Gasteiger partial charge in [-0.05, 0) is 30.0 Å². The highest BCUT2D eigenvalue weighted by Crippen LogP contribution is 2.16. The predicted molar refractivity (Wildman–Crippen MR) is 103 cm³/mol. The van der Waals surface area contributed by atoms with E-state index in [1.807, 2.05) is 35.2 Å². The molecule has 1 aromatic carbocycles. The van der Waals surface area contributed by atoms with Crippen molar-refractivity contribution in [3.8, 4) is 0 Å². The lowest BCUT2D eigenvalue weighted by Gasteiger charge is -2.16. The minimum absolute atomic E-state index is 0.0280. The normalized spacial score (nSPS) is 12.3. The molecule has 0 saturated heterocycles. The Morgan fingerprint density at radius 3 is 2.96 bits per heavy atom. The Bertz CT molecular complexity index is 1030. The molecule has 1 atom stereocenters. The minimum atomic E-state index is -0.165. The first-order valence-corrected chi connectivity index (χ1v) is 9.07. The van der Waals surface area contributed by atoms with Gasteiger partial charge in [0.1, 0.15) is 5.69 Å². The Kier molecular flexibility index (Phi) is 4.74. The van der Waals surface area contributed by atoms with Crippen LogP contribution in [-0.4, -0.2) is 36.3 Å². The maximum Gasteiger partial charge on any atom is 0.272 e. The fourth-order valence-corrected chi connectivity index (χ4v) is 3.21. The third kappa shape index (κ3) is 3.76. The van der Waals surface area contributed by atoms with Gasteiger partial charge in [-0.15, -0.1) is 0 Å². The zero-order valence-corrected chi connectivity index (χ0v) is 15.2. The molecule has 3 heterocycles. The molecule has 2 N–H and O–H groups in total. The summed E-state index contributed by atoms with van der Waals surface area (Å²) in [5.74, 6) is -0.165. The third-order valence-corrected chi connectivity index (χ3v) is 4.70. The molecule has 0 fully saturated rings. The van der Waals surface area contributed by atoms with Crippen molar-refractivity contribution in [2.75, 3.05) is 0 Å². The number of hydrogen-bond acceptors (Lipinski definition) is 3. The smallest absolute Gasteiger partial charge is 0.272 e. The summed E-state index contributed by atoms with van der Waals surface area (Å²) in [7, 11) is 0. The van der Waals surface area contributed by atoms with Crippen LogP contribution >= 0.6 is 0 Å². The molecule has 0 saturated carbocycles. The van der Waals surface area contributed by atoms with E-state index in [1.54, 1.807) is 12.5 Å². The quantitative estimate of drug-likeness (QED) is 0.530. The number of nitrogens with one attached hydrogen (secondary N) is 2. The first-order valence-electron chi connectivity index (χ1n) is 9.07. The molecule has 0 aliphatic rings. The number of benzene rings is 1. The number of aromatic nitrogens is 5. The van der Waals surface area contributed by atoms with E-state index in [9.17, 15) is 4.79 Å². The number of imidazole rings is 1. The van der Waals surface area contributed by atoms with Crippen molar-refractivity contribution in [1.29, 1.82) is 0 Å². The summed E-state index contributed by atoms with van der Waals surface area (Å²) in [5.41, 5.74) is 2.46. The van der Waals surface area contributed by atoms with Gasteiger partial charge in [-0.3, -0.25) is 9.89 Å². The second-order valence-electron chi connectivity index (χ2n) is 6.62. The van der Waals surface area contributed by atoms with Gasteiger partial charge in [-0.1, -0.05) is 25.1 Å². The van der Waals surface area contributed by atoms with E-state index in [2.05, 4.69) is 50.2 Å². The summed E-state index contributed by atoms with van der Waals surface area (Å²) < 4.78 is 4.10. The molecule has 0 radical (unpaired) electrons. The van der Waals surface area contributed by atoms with E-state index in [1.165, 1.54) is 5.39 Å². The first kappa shape index (κ1) is 17.1. The van der Waals surface area contributed by atoms with Crippen LogP contribution in [0.4, 0.5) is 0 Å². The molecule has 0 bridgehead atoms. The molecule has 0 aliphatic carbocycles. The standard InChI is InChI=1S/C20H22N6O/c1-2-16(12-25-10-8-21-14-25)22-20(27)18-11-17(23-24-18)13-26-9-7-15-5-3-4-6-19(15)26/h3-11,14,16H,2,12-13H2,1H3,(H,22,27)(H,23,24)/t16-/m0/s1. The van der Waals surface area contributed by atoms with Gasteiger partial charge >= 0.3 is 0 Å². The number of H-pyrrole nitrogens is 1. The molecule has 27 heavy (non-hydrogen) atoms. The zero-order chi connectivity index (χ0) is 18.6. The SMILES string of the molecule is CC[C@@H](Cn1ccnc1)NC(=O)c1cc(Cn2ccc3ccccc32)[nH]n1. The maximum atomic E-state index is 12.5. The van der Waals surface area contributed by atoms with Gasteiger partial charge in [0.15, 0.2) is 0 Å². The van der Waals surface area contributed by atoms with Crippen LogP contribution in [-0.2, 0) is 13.1 Å². The first-order chi connectivity index (χ1) is 13.2. The lowest BCUT2D eigenvalue weighted by atomic mass is 10.2. The van der Waals surface area contributed by atoms with Crippen molar-refractivity contribution in [2.24, 2.45) is 0 Å². The number of para-hydroxylation sites is 1. The average molecular weight is 362 g/mol. The minimum Gasteiger partial charge on any atom is -0.346 e. The molecule has 0 spiro atoms. The number of fused-ring (bicyclic) bond motifs is 1. The van der Waals surface area contributed by atoms with Gasteiger partial charge in [0.2, 0.25) is 0 Å². The summed E-state index contributed by atoms with van der Waals surface area (Å²) in [4.78, 5) is 16.6. The molecule has 0 unspecified atom stereocenters. The zero-order valence-electron chi connectivity index (χ0n) is 15.2. The highest BCUT2D eigenvalue weighted by molar-refractivity contribution is 5.92. The van der Waals surface area contributed by atoms with Gasteiger partial charge in [0.05, 0.1) is 18.6 Å². The van der Waals surface area contributed by atoms with E-state index < -0.39 is 0 Å². The Balaban J connectivity index is 1.43. The molecule has 7 nitrogen and oxygen atoms in total. The second kappa shape index (κ2) is 7.49. The molecule has 1 amide bonds. The van der Waals surface area contributed by atoms with E-state index >= 15 is 0 Å². The Morgan fingerprint density at radius 2 is 2.15 bits per heavy atom. The lowest BCUT2D eigenvalue weighted by molar-refractivity contribution is 0.0926. The summed E-state index contributed by atoms with van der Waals surface area (Å²) in [6.07, 6.45) is 8.26. The van der Waals surface area contributed by atoms with E-state index in [-0.39, 0.29) is 11.9 Å². The van der Waals surface area contributed by atoms with Crippen LogP contribution in [0.1, 0.15) is 29.5 Å². The third-order valence-electron chi connectivity index (χ3n) is 4.70. The monoisotopic (exact) mass is 362 g/mol. The molecule has 0 aliphatic heterocycles. The van der Waals surface area contributed by atoms with Gasteiger partial charge < -0.3 is 14.5 Å². The van der Waals surface area contributed by atoms with Crippen LogP contribution < -0.4 is 5.32 Å². The number of nitrogens with zero attached hydrogens (tertiary/aromatic N) is 4. The van der Waals surface area contributed by atoms with Crippen molar-refractivity contribution in [3.05, 3.63) is 72.7 Å². The fraction of sp³-hybridized carbons (Fsp3) is 0.250. The molecular formula is C20H22N6O. The van der Waals surface area contributed by atoms with Crippen LogP contribution in [0, 0.1) is 0 Å². The number of carbonyl (C=O) groups is 1. The molecule has 3 aromatic heterocycles. The second-order valence-corrected chi connectivity index (χ2v) is 6.62. The topological polar surface area (TPSA) is 80.5 Å². The fourth-order valence-electron chi connectivity index (χ4n) is 3.21. The van der Waals surface area contributed by atoms with Crippen LogP contribution in [0.25, 0.3) is 10.9 Å². The van der Waals surface area contributed by atoms with Crippen LogP contribution in [0.5, 0.6) is 0 Å². The summed E-state index contributed by atoms with van der Waals surface area (Å²) in [5, 5.41) is 11.4. The molecule has 138 valence electrons. The van der Waals surface area contributed by atoms with E-state index in [4.69, 9.17) is 0 Å². The van der Waals surface area contributed by atoms with Gasteiger partial charge in [0.25, 0.3) is 5.91 Å². The molecular weight excluding hydrogens is 340 g/mol. The number of amides is 1. The van der Waals surface area contributed by atoms with Crippen molar-refractivity contribution < 1.29 is 4.79 Å². The number of carbonyl (C=O) groups excluding carboxylic acids is 1. The molecule has 4 aromatic rings. The van der Waals surface area contributed by atoms with Crippen LogP contribution in [0.15, 0.2) is 61.3 Å². The van der Waals surface area contributed by atoms with Gasteiger partial charge in [-0.2, -0.15) is 5.10 Å². The number of rotatable bonds is 7. The van der Waals surface area contributed by atoms with Gasteiger partial charge in [0, 0.05) is 36.7 Å². The highest BCUT2D eigenvalue weighted by atomic mass is 16.2. The van der Waals surface area contributed by atoms with Gasteiger partial charge in [-0.25, -0.2) is 4.98 Å². The van der Waals surface area contributed by atoms with Crippen molar-refractivity contribution in [2.45, 2.75) is 32.5 Å². The lowest BCUT2D eigenvalue weighted by Crippen LogP contribution is -2.37.